The first-order valence-corrected chi connectivity index (χ1v) is 6.72. The minimum absolute atomic E-state index is 0.183. The number of rotatable bonds is 4. The quantitative estimate of drug-likeness (QED) is 0.886. The van der Waals surface area contributed by atoms with Crippen LogP contribution in [-0.4, -0.2) is 28.6 Å². The first-order valence-electron chi connectivity index (χ1n) is 6.72. The number of benzene rings is 1. The number of nitrogens with zero attached hydrogens (tertiary/aromatic N) is 1. The molecule has 0 spiro atoms. The molecule has 0 amide bonds. The molecule has 0 aliphatic heterocycles. The molecule has 1 aromatic carbocycles. The van der Waals surface area contributed by atoms with E-state index < -0.39 is 5.97 Å². The van der Waals surface area contributed by atoms with E-state index in [0.717, 1.165) is 25.7 Å². The second kappa shape index (κ2) is 4.39. The van der Waals surface area contributed by atoms with Gasteiger partial charge in [-0.3, -0.25) is 9.69 Å². The zero-order valence-electron chi connectivity index (χ0n) is 10.7. The van der Waals surface area contributed by atoms with E-state index >= 15 is 0 Å². The van der Waals surface area contributed by atoms with E-state index in [0.29, 0.717) is 12.1 Å². The Morgan fingerprint density at radius 3 is 2.83 bits per heavy atom. The third-order valence-electron chi connectivity index (χ3n) is 4.08. The molecule has 3 heteroatoms. The second-order valence-corrected chi connectivity index (χ2v) is 5.55. The molecule has 0 bridgehead atoms. The third kappa shape index (κ3) is 2.15. The molecule has 3 rings (SSSR count). The first kappa shape index (κ1) is 11.7. The predicted octanol–water partition coefficient (Wildman–Crippen LogP) is 2.53. The number of aliphatic carboxylic acids is 1. The summed E-state index contributed by atoms with van der Waals surface area (Å²) in [5, 5.41) is 9.08. The maximum absolute atomic E-state index is 11.0. The number of aryl methyl sites for hydroxylation is 2. The smallest absolute Gasteiger partial charge is 0.317 e. The van der Waals surface area contributed by atoms with Gasteiger partial charge in [-0.15, -0.1) is 0 Å². The summed E-state index contributed by atoms with van der Waals surface area (Å²) >= 11 is 0. The van der Waals surface area contributed by atoms with Crippen LogP contribution in [0.25, 0.3) is 0 Å². The minimum atomic E-state index is -0.706. The molecule has 2 aliphatic carbocycles. The van der Waals surface area contributed by atoms with Gasteiger partial charge in [0.2, 0.25) is 0 Å². The summed E-state index contributed by atoms with van der Waals surface area (Å²) in [4.78, 5) is 13.2. The zero-order chi connectivity index (χ0) is 12.7. The Labute approximate surface area is 107 Å². The summed E-state index contributed by atoms with van der Waals surface area (Å²) in [6.07, 6.45) is 4.47. The van der Waals surface area contributed by atoms with E-state index in [1.54, 1.807) is 0 Å². The maximum atomic E-state index is 11.0. The Kier molecular flexibility index (Phi) is 2.86. The van der Waals surface area contributed by atoms with Crippen LogP contribution in [-0.2, 0) is 11.2 Å². The van der Waals surface area contributed by atoms with Gasteiger partial charge in [-0.2, -0.15) is 0 Å². The number of hydrogen-bond acceptors (Lipinski definition) is 2. The predicted molar refractivity (Wildman–Crippen MR) is 69.6 cm³/mol. The van der Waals surface area contributed by atoms with Crippen molar-refractivity contribution in [1.82, 2.24) is 4.90 Å². The van der Waals surface area contributed by atoms with Gasteiger partial charge < -0.3 is 5.11 Å². The van der Waals surface area contributed by atoms with Crippen LogP contribution in [0.1, 0.15) is 42.0 Å². The molecule has 0 heterocycles. The Bertz CT molecular complexity index is 479. The molecule has 18 heavy (non-hydrogen) atoms. The van der Waals surface area contributed by atoms with E-state index in [4.69, 9.17) is 5.11 Å². The third-order valence-corrected chi connectivity index (χ3v) is 4.08. The average molecular weight is 245 g/mol. The molecule has 3 nitrogen and oxygen atoms in total. The van der Waals surface area contributed by atoms with Gasteiger partial charge in [0, 0.05) is 12.1 Å². The van der Waals surface area contributed by atoms with Gasteiger partial charge >= 0.3 is 5.97 Å². The molecular formula is C15H19NO2. The Morgan fingerprint density at radius 2 is 2.17 bits per heavy atom. The maximum Gasteiger partial charge on any atom is 0.317 e. The number of fused-ring (bicyclic) bond motifs is 1. The highest BCUT2D eigenvalue weighted by Gasteiger charge is 2.38. The fourth-order valence-corrected chi connectivity index (χ4v) is 3.10. The SMILES string of the molecule is Cc1ccc2c(c1)C(N(CC(=O)O)C1CC1)CC2. The highest BCUT2D eigenvalue weighted by molar-refractivity contribution is 5.69. The molecule has 0 saturated heterocycles. The zero-order valence-corrected chi connectivity index (χ0v) is 10.7. The fraction of sp³-hybridized carbons (Fsp3) is 0.533. The van der Waals surface area contributed by atoms with Gasteiger partial charge in [-0.1, -0.05) is 23.8 Å². The van der Waals surface area contributed by atoms with Crippen molar-refractivity contribution in [1.29, 1.82) is 0 Å². The largest absolute Gasteiger partial charge is 0.480 e. The van der Waals surface area contributed by atoms with Gasteiger partial charge in [0.05, 0.1) is 6.54 Å². The molecular weight excluding hydrogens is 226 g/mol. The summed E-state index contributed by atoms with van der Waals surface area (Å²) in [6, 6.07) is 7.42. The number of carboxylic acid groups (broad SMARTS) is 1. The molecule has 1 N–H and O–H groups in total. The van der Waals surface area contributed by atoms with E-state index in [1.165, 1.54) is 16.7 Å². The molecule has 0 aromatic heterocycles. The van der Waals surface area contributed by atoms with Crippen molar-refractivity contribution < 1.29 is 9.90 Å². The van der Waals surface area contributed by atoms with Crippen LogP contribution in [0.15, 0.2) is 18.2 Å². The summed E-state index contributed by atoms with van der Waals surface area (Å²) < 4.78 is 0. The van der Waals surface area contributed by atoms with Crippen molar-refractivity contribution in [3.05, 3.63) is 34.9 Å². The second-order valence-electron chi connectivity index (χ2n) is 5.55. The van der Waals surface area contributed by atoms with Crippen molar-refractivity contribution >= 4 is 5.97 Å². The summed E-state index contributed by atoms with van der Waals surface area (Å²) in [7, 11) is 0. The molecule has 1 aromatic rings. The number of carboxylic acids is 1. The van der Waals surface area contributed by atoms with Crippen LogP contribution in [0.3, 0.4) is 0 Å². The summed E-state index contributed by atoms with van der Waals surface area (Å²) in [6.45, 7) is 2.29. The van der Waals surface area contributed by atoms with Crippen molar-refractivity contribution in [2.45, 2.75) is 44.7 Å². The number of hydrogen-bond donors (Lipinski definition) is 1. The summed E-state index contributed by atoms with van der Waals surface area (Å²) in [5.74, 6) is -0.706. The van der Waals surface area contributed by atoms with Crippen LogP contribution >= 0.6 is 0 Å². The van der Waals surface area contributed by atoms with Crippen LogP contribution in [0.2, 0.25) is 0 Å². The molecule has 1 atom stereocenters. The van der Waals surface area contributed by atoms with Gasteiger partial charge in [0.25, 0.3) is 0 Å². The molecule has 1 saturated carbocycles. The van der Waals surface area contributed by atoms with Gasteiger partial charge in [-0.05, 0) is 43.7 Å². The lowest BCUT2D eigenvalue weighted by molar-refractivity contribution is -0.139. The van der Waals surface area contributed by atoms with Crippen LogP contribution < -0.4 is 0 Å². The number of carbonyl (C=O) groups is 1. The fourth-order valence-electron chi connectivity index (χ4n) is 3.10. The normalized spacial score (nSPS) is 22.2. The highest BCUT2D eigenvalue weighted by atomic mass is 16.4. The van der Waals surface area contributed by atoms with Crippen molar-refractivity contribution in [3.8, 4) is 0 Å². The van der Waals surface area contributed by atoms with Crippen molar-refractivity contribution in [2.75, 3.05) is 6.54 Å². The van der Waals surface area contributed by atoms with E-state index in [1.807, 2.05) is 0 Å². The van der Waals surface area contributed by atoms with E-state index in [9.17, 15) is 4.79 Å². The average Bonchev–Trinajstić information content (AvgIpc) is 3.07. The highest BCUT2D eigenvalue weighted by Crippen LogP contribution is 2.41. The van der Waals surface area contributed by atoms with E-state index in [-0.39, 0.29) is 6.54 Å². The monoisotopic (exact) mass is 245 g/mol. The molecule has 1 unspecified atom stereocenters. The lowest BCUT2D eigenvalue weighted by atomic mass is 10.0. The van der Waals surface area contributed by atoms with Gasteiger partial charge in [0.1, 0.15) is 0 Å². The molecule has 0 radical (unpaired) electrons. The summed E-state index contributed by atoms with van der Waals surface area (Å²) in [5.41, 5.74) is 4.04. The standard InChI is InChI=1S/C15H19NO2/c1-10-2-3-11-4-7-14(13(11)8-10)16(9-15(17)18)12-5-6-12/h2-3,8,12,14H,4-7,9H2,1H3,(H,17,18). The van der Waals surface area contributed by atoms with E-state index in [2.05, 4.69) is 30.0 Å². The molecule has 96 valence electrons. The first-order chi connectivity index (χ1) is 8.65. The molecule has 2 aliphatic rings. The lowest BCUT2D eigenvalue weighted by Crippen LogP contribution is -2.34. The topological polar surface area (TPSA) is 40.5 Å². The van der Waals surface area contributed by atoms with Gasteiger partial charge in [0.15, 0.2) is 0 Å². The lowest BCUT2D eigenvalue weighted by Gasteiger charge is -2.28. The van der Waals surface area contributed by atoms with Crippen LogP contribution in [0.5, 0.6) is 0 Å². The van der Waals surface area contributed by atoms with Crippen LogP contribution in [0.4, 0.5) is 0 Å². The van der Waals surface area contributed by atoms with Gasteiger partial charge in [-0.25, -0.2) is 0 Å². The minimum Gasteiger partial charge on any atom is -0.480 e. The molecule has 1 fully saturated rings. The Hall–Kier alpha value is -1.35. The van der Waals surface area contributed by atoms with Crippen LogP contribution in [0, 0.1) is 6.92 Å². The Morgan fingerprint density at radius 1 is 1.39 bits per heavy atom. The Balaban J connectivity index is 1.88. The van der Waals surface area contributed by atoms with Crippen molar-refractivity contribution in [2.24, 2.45) is 0 Å². The van der Waals surface area contributed by atoms with Crippen molar-refractivity contribution in [3.63, 3.8) is 0 Å².